The van der Waals surface area contributed by atoms with Crippen molar-refractivity contribution in [3.63, 3.8) is 0 Å². The number of hydrogen-bond donors (Lipinski definition) is 0. The summed E-state index contributed by atoms with van der Waals surface area (Å²) in [6.07, 6.45) is 0. The summed E-state index contributed by atoms with van der Waals surface area (Å²) in [4.78, 5) is 0. The second kappa shape index (κ2) is 12.9. The van der Waals surface area contributed by atoms with Crippen LogP contribution in [-0.4, -0.2) is 0 Å². The van der Waals surface area contributed by atoms with Crippen molar-refractivity contribution in [1.82, 2.24) is 0 Å². The normalized spacial score (nSPS) is 12.2. The SMILES string of the molecule is Cc1cccc(C)c1[O][Ta]([O]c1c(C)cccc1C)([O]c1c(C)cccc1C)([O]c1c(C)cccc1C)[O]c1c(C)cccc1C. The van der Waals surface area contributed by atoms with E-state index in [1.807, 2.05) is 160 Å². The molecule has 0 spiro atoms. The molecule has 0 amide bonds. The van der Waals surface area contributed by atoms with Crippen LogP contribution in [0.5, 0.6) is 28.7 Å². The molecule has 5 aromatic rings. The third-order valence-electron chi connectivity index (χ3n) is 8.25. The third kappa shape index (κ3) is 6.54. The molecular formula is C40H45O5Ta. The fourth-order valence-electron chi connectivity index (χ4n) is 5.65. The summed E-state index contributed by atoms with van der Waals surface area (Å²) >= 11 is -6.86. The predicted molar refractivity (Wildman–Crippen MR) is 183 cm³/mol. The van der Waals surface area contributed by atoms with Crippen LogP contribution in [0.25, 0.3) is 0 Å². The number of aryl methyl sites for hydroxylation is 10. The van der Waals surface area contributed by atoms with E-state index in [9.17, 15) is 0 Å². The van der Waals surface area contributed by atoms with Gasteiger partial charge in [0.1, 0.15) is 0 Å². The molecule has 0 atom stereocenters. The minimum absolute atomic E-state index is 0.602. The molecule has 0 aliphatic carbocycles. The topological polar surface area (TPSA) is 46.2 Å². The van der Waals surface area contributed by atoms with Crippen LogP contribution in [0.1, 0.15) is 55.6 Å². The van der Waals surface area contributed by atoms with Gasteiger partial charge in [-0.3, -0.25) is 0 Å². The van der Waals surface area contributed by atoms with Crippen molar-refractivity contribution in [3.05, 3.63) is 147 Å². The molecule has 0 N–H and O–H groups in total. The Hall–Kier alpha value is -4.16. The Morgan fingerprint density at radius 1 is 0.261 bits per heavy atom. The van der Waals surface area contributed by atoms with Crippen molar-refractivity contribution >= 4 is 0 Å². The summed E-state index contributed by atoms with van der Waals surface area (Å²) in [6.45, 7) is 20.2. The summed E-state index contributed by atoms with van der Waals surface area (Å²) in [7, 11) is 0. The van der Waals surface area contributed by atoms with Crippen LogP contribution in [0.15, 0.2) is 91.0 Å². The number of rotatable bonds is 10. The number of benzene rings is 5. The minimum atomic E-state index is -6.86. The van der Waals surface area contributed by atoms with E-state index >= 15 is 0 Å². The molecule has 240 valence electrons. The van der Waals surface area contributed by atoms with Gasteiger partial charge in [-0.15, -0.1) is 0 Å². The maximum absolute atomic E-state index is 7.43. The van der Waals surface area contributed by atoms with Crippen LogP contribution in [0.3, 0.4) is 0 Å². The van der Waals surface area contributed by atoms with Gasteiger partial charge in [0.2, 0.25) is 0 Å². The van der Waals surface area contributed by atoms with Gasteiger partial charge in [0, 0.05) is 0 Å². The van der Waals surface area contributed by atoms with Crippen LogP contribution in [-0.2, 0) is 17.8 Å². The zero-order chi connectivity index (χ0) is 33.2. The van der Waals surface area contributed by atoms with Crippen molar-refractivity contribution in [2.75, 3.05) is 0 Å². The Balaban J connectivity index is 1.99. The molecule has 0 aromatic heterocycles. The first-order chi connectivity index (χ1) is 21.8. The van der Waals surface area contributed by atoms with E-state index in [2.05, 4.69) is 0 Å². The van der Waals surface area contributed by atoms with Crippen LogP contribution in [0.4, 0.5) is 0 Å². The van der Waals surface area contributed by atoms with Crippen LogP contribution >= 0.6 is 0 Å². The van der Waals surface area contributed by atoms with E-state index in [1.54, 1.807) is 0 Å². The van der Waals surface area contributed by atoms with Gasteiger partial charge in [0.05, 0.1) is 0 Å². The van der Waals surface area contributed by atoms with Gasteiger partial charge in [-0.2, -0.15) is 0 Å². The van der Waals surface area contributed by atoms with Gasteiger partial charge in [-0.25, -0.2) is 0 Å². The van der Waals surface area contributed by atoms with Crippen molar-refractivity contribution in [2.24, 2.45) is 0 Å². The van der Waals surface area contributed by atoms with E-state index in [4.69, 9.17) is 16.2 Å². The van der Waals surface area contributed by atoms with E-state index < -0.39 is 17.8 Å². The first kappa shape index (κ1) is 33.2. The Labute approximate surface area is 277 Å². The molecule has 6 heteroatoms. The van der Waals surface area contributed by atoms with Crippen molar-refractivity contribution in [3.8, 4) is 28.7 Å². The Morgan fingerprint density at radius 3 is 0.522 bits per heavy atom. The summed E-state index contributed by atoms with van der Waals surface area (Å²) in [5.41, 5.74) is 9.09. The molecule has 0 unspecified atom stereocenters. The Kier molecular flexibility index (Phi) is 9.33. The average molecular weight is 787 g/mol. The average Bonchev–Trinajstić information content (AvgIpc) is 3.00. The molecule has 0 heterocycles. The van der Waals surface area contributed by atoms with Gasteiger partial charge in [0.25, 0.3) is 0 Å². The molecule has 46 heavy (non-hydrogen) atoms. The van der Waals surface area contributed by atoms with Gasteiger partial charge < -0.3 is 0 Å². The zero-order valence-electron chi connectivity index (χ0n) is 28.6. The number of para-hydroxylation sites is 5. The van der Waals surface area contributed by atoms with E-state index in [0.29, 0.717) is 28.7 Å². The fourth-order valence-corrected chi connectivity index (χ4v) is 17.5. The van der Waals surface area contributed by atoms with Crippen LogP contribution in [0.2, 0.25) is 0 Å². The molecule has 5 nitrogen and oxygen atoms in total. The summed E-state index contributed by atoms with van der Waals surface area (Å²) < 4.78 is 37.2. The van der Waals surface area contributed by atoms with Crippen LogP contribution < -0.4 is 16.2 Å². The van der Waals surface area contributed by atoms with Crippen LogP contribution in [0, 0.1) is 69.2 Å². The van der Waals surface area contributed by atoms with Crippen molar-refractivity contribution in [1.29, 1.82) is 0 Å². The summed E-state index contributed by atoms with van der Waals surface area (Å²) in [5.74, 6) is 3.01. The molecule has 0 aliphatic heterocycles. The second-order valence-corrected chi connectivity index (χ2v) is 20.9. The molecule has 5 aromatic carbocycles. The van der Waals surface area contributed by atoms with Gasteiger partial charge in [0.15, 0.2) is 0 Å². The summed E-state index contributed by atoms with van der Waals surface area (Å²) in [5, 5.41) is 0. The van der Waals surface area contributed by atoms with Gasteiger partial charge >= 0.3 is 279 Å². The first-order valence-electron chi connectivity index (χ1n) is 15.7. The predicted octanol–water partition coefficient (Wildman–Crippen LogP) is 10.7. The van der Waals surface area contributed by atoms with E-state index in [-0.39, 0.29) is 0 Å². The standard InChI is InChI=1S/5C8H10O.Ta/c5*1-6-4-3-5-7(2)8(6)9;/h5*3-5,9H,1-2H3;/q;;;;;+5/p-5. The quantitative estimate of drug-likeness (QED) is 0.141. The molecule has 0 radical (unpaired) electrons. The molecule has 0 bridgehead atoms. The molecule has 0 saturated carbocycles. The second-order valence-electron chi connectivity index (χ2n) is 12.3. The van der Waals surface area contributed by atoms with E-state index in [0.717, 1.165) is 55.6 Å². The zero-order valence-corrected chi connectivity index (χ0v) is 31.9. The summed E-state index contributed by atoms with van der Waals surface area (Å²) in [6, 6.07) is 30.2. The Bertz CT molecular complexity index is 1480. The van der Waals surface area contributed by atoms with Gasteiger partial charge in [-0.05, 0) is 0 Å². The monoisotopic (exact) mass is 786 g/mol. The molecule has 0 fully saturated rings. The van der Waals surface area contributed by atoms with E-state index in [1.165, 1.54) is 0 Å². The molecule has 0 saturated heterocycles. The van der Waals surface area contributed by atoms with Gasteiger partial charge in [-0.1, -0.05) is 0 Å². The van der Waals surface area contributed by atoms with Crippen molar-refractivity contribution in [2.45, 2.75) is 69.2 Å². The molecule has 0 aliphatic rings. The third-order valence-corrected chi connectivity index (χ3v) is 16.9. The number of hydrogen-bond acceptors (Lipinski definition) is 5. The molecule has 5 rings (SSSR count). The fraction of sp³-hybridized carbons (Fsp3) is 0.250. The maximum atomic E-state index is 7.43. The Morgan fingerprint density at radius 2 is 0.391 bits per heavy atom. The van der Waals surface area contributed by atoms with Crippen molar-refractivity contribution < 1.29 is 34.0 Å². The molecular weight excluding hydrogens is 741 g/mol. The first-order valence-corrected chi connectivity index (χ1v) is 22.2.